The average molecular weight is 234 g/mol. The lowest BCUT2D eigenvalue weighted by atomic mass is 10.6. The minimum atomic E-state index is -1.33. The molecule has 0 bridgehead atoms. The molecule has 0 radical (unpaired) electrons. The third-order valence-corrected chi connectivity index (χ3v) is 7.13. The SMILES string of the molecule is CCO[SiH](C)CCC[Si](C)(C)OCC. The Kier molecular flexibility index (Phi) is 7.81. The summed E-state index contributed by atoms with van der Waals surface area (Å²) in [4.78, 5) is 0. The van der Waals surface area contributed by atoms with E-state index in [0.29, 0.717) is 0 Å². The van der Waals surface area contributed by atoms with Gasteiger partial charge in [-0.15, -0.1) is 0 Å². The molecule has 0 aliphatic rings. The third-order valence-electron chi connectivity index (χ3n) is 2.38. The first-order valence-electron chi connectivity index (χ1n) is 5.77. The summed E-state index contributed by atoms with van der Waals surface area (Å²) in [7, 11) is -2.17. The van der Waals surface area contributed by atoms with Gasteiger partial charge in [0.2, 0.25) is 0 Å². The topological polar surface area (TPSA) is 18.5 Å². The van der Waals surface area contributed by atoms with Crippen molar-refractivity contribution in [1.29, 1.82) is 0 Å². The van der Waals surface area contributed by atoms with Crippen molar-refractivity contribution in [3.8, 4) is 0 Å². The molecule has 0 N–H and O–H groups in total. The quantitative estimate of drug-likeness (QED) is 0.601. The Labute approximate surface area is 91.9 Å². The van der Waals surface area contributed by atoms with Crippen molar-refractivity contribution in [2.75, 3.05) is 13.2 Å². The van der Waals surface area contributed by atoms with Gasteiger partial charge in [-0.2, -0.15) is 0 Å². The Morgan fingerprint density at radius 3 is 2.29 bits per heavy atom. The fourth-order valence-corrected chi connectivity index (χ4v) is 5.55. The Bertz CT molecular complexity index is 140. The number of hydrogen-bond acceptors (Lipinski definition) is 2. The average Bonchev–Trinajstić information content (AvgIpc) is 2.03. The van der Waals surface area contributed by atoms with E-state index in [0.717, 1.165) is 13.2 Å². The summed E-state index contributed by atoms with van der Waals surface area (Å²) in [5.74, 6) is 0. The molecule has 14 heavy (non-hydrogen) atoms. The van der Waals surface area contributed by atoms with Crippen molar-refractivity contribution in [2.45, 2.75) is 52.0 Å². The minimum absolute atomic E-state index is 0.845. The second-order valence-corrected chi connectivity index (χ2v) is 11.2. The van der Waals surface area contributed by atoms with Gasteiger partial charge in [0.25, 0.3) is 0 Å². The van der Waals surface area contributed by atoms with Crippen LogP contribution in [0, 0.1) is 0 Å². The third kappa shape index (κ3) is 7.73. The summed E-state index contributed by atoms with van der Waals surface area (Å²) in [6, 6.07) is 2.59. The lowest BCUT2D eigenvalue weighted by Crippen LogP contribution is -2.30. The monoisotopic (exact) mass is 234 g/mol. The van der Waals surface area contributed by atoms with Crippen molar-refractivity contribution in [3.63, 3.8) is 0 Å². The summed E-state index contributed by atoms with van der Waals surface area (Å²) >= 11 is 0. The van der Waals surface area contributed by atoms with Crippen LogP contribution in [0.2, 0.25) is 31.7 Å². The minimum Gasteiger partial charge on any atom is -0.421 e. The first-order valence-corrected chi connectivity index (χ1v) is 11.3. The summed E-state index contributed by atoms with van der Waals surface area (Å²) in [5, 5.41) is 0. The fourth-order valence-electron chi connectivity index (χ4n) is 1.65. The van der Waals surface area contributed by atoms with Crippen molar-refractivity contribution >= 4 is 17.4 Å². The lowest BCUT2D eigenvalue weighted by Gasteiger charge is -2.22. The number of hydrogen-bond donors (Lipinski definition) is 0. The normalized spacial score (nSPS) is 14.4. The van der Waals surface area contributed by atoms with E-state index < -0.39 is 17.4 Å². The van der Waals surface area contributed by atoms with Gasteiger partial charge in [-0.1, -0.05) is 6.42 Å². The van der Waals surface area contributed by atoms with E-state index in [1.54, 1.807) is 0 Å². The molecule has 0 aromatic rings. The Balaban J connectivity index is 3.51. The predicted molar refractivity (Wildman–Crippen MR) is 68.0 cm³/mol. The highest BCUT2D eigenvalue weighted by molar-refractivity contribution is 6.71. The zero-order valence-electron chi connectivity index (χ0n) is 10.4. The van der Waals surface area contributed by atoms with Crippen molar-refractivity contribution in [3.05, 3.63) is 0 Å². The summed E-state index contributed by atoms with van der Waals surface area (Å²) in [6.45, 7) is 12.8. The summed E-state index contributed by atoms with van der Waals surface area (Å²) in [5.41, 5.74) is 0. The van der Waals surface area contributed by atoms with Crippen LogP contribution in [0.15, 0.2) is 0 Å². The van der Waals surface area contributed by atoms with Crippen molar-refractivity contribution < 1.29 is 8.85 Å². The summed E-state index contributed by atoms with van der Waals surface area (Å²) in [6.07, 6.45) is 1.30. The van der Waals surface area contributed by atoms with E-state index in [4.69, 9.17) is 8.85 Å². The van der Waals surface area contributed by atoms with E-state index >= 15 is 0 Å². The van der Waals surface area contributed by atoms with Crippen LogP contribution in [-0.4, -0.2) is 30.6 Å². The van der Waals surface area contributed by atoms with Crippen LogP contribution in [0.4, 0.5) is 0 Å². The van der Waals surface area contributed by atoms with Crippen LogP contribution in [0.1, 0.15) is 20.3 Å². The molecule has 4 heteroatoms. The predicted octanol–water partition coefficient (Wildman–Crippen LogP) is 3.01. The Hall–Kier alpha value is 0.354. The van der Waals surface area contributed by atoms with Crippen molar-refractivity contribution in [1.82, 2.24) is 0 Å². The second kappa shape index (κ2) is 7.62. The molecule has 1 atom stereocenters. The van der Waals surface area contributed by atoms with E-state index in [2.05, 4.69) is 33.5 Å². The smallest absolute Gasteiger partial charge is 0.186 e. The van der Waals surface area contributed by atoms with Crippen LogP contribution in [-0.2, 0) is 8.85 Å². The first kappa shape index (κ1) is 14.4. The van der Waals surface area contributed by atoms with Gasteiger partial charge in [0, 0.05) is 13.2 Å². The van der Waals surface area contributed by atoms with Gasteiger partial charge in [-0.25, -0.2) is 0 Å². The number of rotatable bonds is 8. The molecule has 0 aromatic heterocycles. The maximum Gasteiger partial charge on any atom is 0.186 e. The van der Waals surface area contributed by atoms with Gasteiger partial charge in [0.15, 0.2) is 17.4 Å². The zero-order chi connectivity index (χ0) is 11.0. The molecular weight excluding hydrogens is 208 g/mol. The molecule has 0 aliphatic heterocycles. The highest BCUT2D eigenvalue weighted by atomic mass is 28.4. The molecule has 0 saturated heterocycles. The molecule has 0 rings (SSSR count). The lowest BCUT2D eigenvalue weighted by molar-refractivity contribution is 0.327. The molecular formula is C10H26O2Si2. The van der Waals surface area contributed by atoms with Crippen LogP contribution >= 0.6 is 0 Å². The Morgan fingerprint density at radius 1 is 1.14 bits per heavy atom. The molecule has 0 aromatic carbocycles. The molecule has 1 unspecified atom stereocenters. The molecule has 0 saturated carbocycles. The van der Waals surface area contributed by atoms with Gasteiger partial charge < -0.3 is 8.85 Å². The van der Waals surface area contributed by atoms with E-state index in [1.165, 1.54) is 18.5 Å². The van der Waals surface area contributed by atoms with E-state index in [9.17, 15) is 0 Å². The molecule has 0 fully saturated rings. The van der Waals surface area contributed by atoms with Crippen LogP contribution < -0.4 is 0 Å². The molecule has 86 valence electrons. The molecule has 0 heterocycles. The maximum atomic E-state index is 5.78. The van der Waals surface area contributed by atoms with Gasteiger partial charge in [0.1, 0.15) is 0 Å². The molecule has 0 aliphatic carbocycles. The van der Waals surface area contributed by atoms with E-state index in [1.807, 2.05) is 0 Å². The van der Waals surface area contributed by atoms with Crippen LogP contribution in [0.3, 0.4) is 0 Å². The first-order chi connectivity index (χ1) is 6.52. The highest BCUT2D eigenvalue weighted by Gasteiger charge is 2.21. The van der Waals surface area contributed by atoms with Crippen LogP contribution in [0.5, 0.6) is 0 Å². The molecule has 2 nitrogen and oxygen atoms in total. The largest absolute Gasteiger partial charge is 0.421 e. The van der Waals surface area contributed by atoms with Gasteiger partial charge in [0.05, 0.1) is 0 Å². The van der Waals surface area contributed by atoms with Gasteiger partial charge in [-0.05, 0) is 45.6 Å². The highest BCUT2D eigenvalue weighted by Crippen LogP contribution is 2.16. The maximum absolute atomic E-state index is 5.78. The summed E-state index contributed by atoms with van der Waals surface area (Å²) < 4.78 is 11.4. The van der Waals surface area contributed by atoms with Crippen LogP contribution in [0.25, 0.3) is 0 Å². The zero-order valence-corrected chi connectivity index (χ0v) is 12.6. The fraction of sp³-hybridized carbons (Fsp3) is 1.00. The second-order valence-electron chi connectivity index (χ2n) is 4.35. The standard InChI is InChI=1S/C10H26O2Si2/c1-6-11-13(3)9-8-10-14(4,5)12-7-2/h13H,6-10H2,1-5H3. The molecule has 0 spiro atoms. The molecule has 0 amide bonds. The van der Waals surface area contributed by atoms with E-state index in [-0.39, 0.29) is 0 Å². The van der Waals surface area contributed by atoms with Crippen molar-refractivity contribution in [2.24, 2.45) is 0 Å². The Morgan fingerprint density at radius 2 is 1.79 bits per heavy atom. The van der Waals surface area contributed by atoms with Gasteiger partial charge >= 0.3 is 0 Å². The van der Waals surface area contributed by atoms with Gasteiger partial charge in [-0.3, -0.25) is 0 Å².